The van der Waals surface area contributed by atoms with E-state index in [2.05, 4.69) is 41.6 Å². The van der Waals surface area contributed by atoms with Crippen molar-refractivity contribution in [2.75, 3.05) is 11.9 Å². The third kappa shape index (κ3) is 3.20. The Labute approximate surface area is 119 Å². The van der Waals surface area contributed by atoms with E-state index in [1.54, 1.807) is 6.20 Å². The van der Waals surface area contributed by atoms with Gasteiger partial charge in [0.25, 0.3) is 0 Å². The summed E-state index contributed by atoms with van der Waals surface area (Å²) in [5.41, 5.74) is 2.45. The highest BCUT2D eigenvalue weighted by Crippen LogP contribution is 2.26. The van der Waals surface area contributed by atoms with Crippen molar-refractivity contribution in [3.05, 3.63) is 48.3 Å². The molecule has 2 aromatic rings. The van der Waals surface area contributed by atoms with Gasteiger partial charge in [0.2, 0.25) is 0 Å². The van der Waals surface area contributed by atoms with E-state index in [0.717, 1.165) is 26.0 Å². The normalized spacial score (nSPS) is 21.4. The molecule has 0 atom stereocenters. The van der Waals surface area contributed by atoms with Crippen molar-refractivity contribution in [3.63, 3.8) is 0 Å². The Morgan fingerprint density at radius 1 is 1.30 bits per heavy atom. The first-order valence-corrected chi connectivity index (χ1v) is 7.28. The largest absolute Gasteiger partial charge is 0.382 e. The minimum Gasteiger partial charge on any atom is -0.382 e. The molecule has 1 N–H and O–H groups in total. The second-order valence-corrected chi connectivity index (χ2v) is 5.29. The number of nitrogens with one attached hydrogen (secondary N) is 1. The number of rotatable bonds is 6. The molecule has 1 aliphatic carbocycles. The predicted molar refractivity (Wildman–Crippen MR) is 79.8 cm³/mol. The van der Waals surface area contributed by atoms with E-state index in [9.17, 15) is 0 Å². The number of benzene rings is 1. The van der Waals surface area contributed by atoms with E-state index in [1.807, 2.05) is 16.9 Å². The van der Waals surface area contributed by atoms with Crippen LogP contribution in [0.2, 0.25) is 0 Å². The first kappa shape index (κ1) is 13.2. The van der Waals surface area contributed by atoms with Crippen molar-refractivity contribution in [2.24, 2.45) is 0 Å². The quantitative estimate of drug-likeness (QED) is 0.878. The molecule has 20 heavy (non-hydrogen) atoms. The molecule has 0 radical (unpaired) electrons. The fraction of sp³-hybridized carbons (Fsp3) is 0.438. The van der Waals surface area contributed by atoms with Crippen LogP contribution in [0.1, 0.15) is 25.3 Å². The van der Waals surface area contributed by atoms with Crippen molar-refractivity contribution >= 4 is 5.69 Å². The molecular formula is C16H21N3O. The molecule has 0 amide bonds. The van der Waals surface area contributed by atoms with E-state index >= 15 is 0 Å². The van der Waals surface area contributed by atoms with Crippen molar-refractivity contribution in [2.45, 2.75) is 38.5 Å². The van der Waals surface area contributed by atoms with Gasteiger partial charge in [-0.25, -0.2) is 0 Å². The summed E-state index contributed by atoms with van der Waals surface area (Å²) in [6.07, 6.45) is 6.47. The summed E-state index contributed by atoms with van der Waals surface area (Å²) < 4.78 is 7.51. The van der Waals surface area contributed by atoms with E-state index in [0.29, 0.717) is 12.1 Å². The van der Waals surface area contributed by atoms with Gasteiger partial charge in [0.15, 0.2) is 0 Å². The average molecular weight is 271 g/mol. The maximum atomic E-state index is 5.57. The third-order valence-electron chi connectivity index (χ3n) is 3.73. The highest BCUT2D eigenvalue weighted by Gasteiger charge is 2.29. The van der Waals surface area contributed by atoms with E-state index < -0.39 is 0 Å². The number of nitrogens with zero attached hydrogens (tertiary/aromatic N) is 2. The van der Waals surface area contributed by atoms with Gasteiger partial charge < -0.3 is 10.1 Å². The van der Waals surface area contributed by atoms with Gasteiger partial charge in [0.05, 0.1) is 12.6 Å². The highest BCUT2D eigenvalue weighted by molar-refractivity contribution is 5.46. The molecule has 0 bridgehead atoms. The van der Waals surface area contributed by atoms with Crippen molar-refractivity contribution in [3.8, 4) is 0 Å². The van der Waals surface area contributed by atoms with E-state index in [-0.39, 0.29) is 0 Å². The van der Waals surface area contributed by atoms with Crippen LogP contribution < -0.4 is 5.32 Å². The second kappa shape index (κ2) is 6.09. The van der Waals surface area contributed by atoms with Gasteiger partial charge in [0.1, 0.15) is 0 Å². The fourth-order valence-corrected chi connectivity index (χ4v) is 2.58. The molecule has 1 fully saturated rings. The maximum absolute atomic E-state index is 5.57. The lowest BCUT2D eigenvalue weighted by molar-refractivity contribution is 0.00299. The predicted octanol–water partition coefficient (Wildman–Crippen LogP) is 2.91. The molecule has 1 aliphatic rings. The SMILES string of the molecule is CCOC1CC(Nc2ccc(Cn3cccn3)cc2)C1. The maximum Gasteiger partial charge on any atom is 0.0659 e. The molecule has 1 aromatic heterocycles. The number of aromatic nitrogens is 2. The molecule has 0 spiro atoms. The molecule has 1 heterocycles. The lowest BCUT2D eigenvalue weighted by atomic mass is 9.89. The summed E-state index contributed by atoms with van der Waals surface area (Å²) in [6.45, 7) is 3.70. The van der Waals surface area contributed by atoms with E-state index in [1.165, 1.54) is 11.3 Å². The van der Waals surface area contributed by atoms with Gasteiger partial charge in [-0.2, -0.15) is 5.10 Å². The smallest absolute Gasteiger partial charge is 0.0659 e. The van der Waals surface area contributed by atoms with Gasteiger partial charge in [-0.15, -0.1) is 0 Å². The lowest BCUT2D eigenvalue weighted by Gasteiger charge is -2.36. The van der Waals surface area contributed by atoms with Crippen molar-refractivity contribution in [1.82, 2.24) is 9.78 Å². The molecule has 1 aromatic carbocycles. The van der Waals surface area contributed by atoms with Gasteiger partial charge in [-0.1, -0.05) is 12.1 Å². The summed E-state index contributed by atoms with van der Waals surface area (Å²) in [5, 5.41) is 7.77. The van der Waals surface area contributed by atoms with Crippen LogP contribution >= 0.6 is 0 Å². The first-order chi connectivity index (χ1) is 9.83. The van der Waals surface area contributed by atoms with Crippen LogP contribution in [0.5, 0.6) is 0 Å². The molecule has 0 saturated heterocycles. The third-order valence-corrected chi connectivity index (χ3v) is 3.73. The molecule has 3 rings (SSSR count). The number of hydrogen-bond acceptors (Lipinski definition) is 3. The summed E-state index contributed by atoms with van der Waals surface area (Å²) in [6, 6.07) is 11.1. The van der Waals surface area contributed by atoms with Crippen LogP contribution in [0.4, 0.5) is 5.69 Å². The lowest BCUT2D eigenvalue weighted by Crippen LogP contribution is -2.40. The zero-order valence-electron chi connectivity index (χ0n) is 11.8. The Balaban J connectivity index is 1.49. The summed E-state index contributed by atoms with van der Waals surface area (Å²) in [7, 11) is 0. The van der Waals surface area contributed by atoms with E-state index in [4.69, 9.17) is 4.74 Å². The van der Waals surface area contributed by atoms with Gasteiger partial charge in [-0.05, 0) is 43.5 Å². The van der Waals surface area contributed by atoms with Gasteiger partial charge in [-0.3, -0.25) is 4.68 Å². The minimum atomic E-state index is 0.455. The van der Waals surface area contributed by atoms with Crippen LogP contribution in [0.3, 0.4) is 0 Å². The zero-order chi connectivity index (χ0) is 13.8. The van der Waals surface area contributed by atoms with Crippen LogP contribution in [-0.4, -0.2) is 28.5 Å². The van der Waals surface area contributed by atoms with Crippen LogP contribution in [-0.2, 0) is 11.3 Å². The van der Waals surface area contributed by atoms with Crippen LogP contribution in [0, 0.1) is 0 Å². The zero-order valence-corrected chi connectivity index (χ0v) is 11.8. The molecule has 0 aliphatic heterocycles. The molecule has 1 saturated carbocycles. The van der Waals surface area contributed by atoms with Crippen LogP contribution in [0.25, 0.3) is 0 Å². The second-order valence-electron chi connectivity index (χ2n) is 5.29. The minimum absolute atomic E-state index is 0.455. The fourth-order valence-electron chi connectivity index (χ4n) is 2.58. The molecule has 4 nitrogen and oxygen atoms in total. The Morgan fingerprint density at radius 2 is 2.10 bits per heavy atom. The van der Waals surface area contributed by atoms with Gasteiger partial charge >= 0.3 is 0 Å². The molecular weight excluding hydrogens is 250 g/mol. The summed E-state index contributed by atoms with van der Waals surface area (Å²) in [4.78, 5) is 0. The van der Waals surface area contributed by atoms with Gasteiger partial charge in [0, 0.05) is 30.7 Å². The molecule has 106 valence electrons. The number of hydrogen-bond donors (Lipinski definition) is 1. The Morgan fingerprint density at radius 3 is 2.75 bits per heavy atom. The molecule has 4 heteroatoms. The van der Waals surface area contributed by atoms with Crippen molar-refractivity contribution < 1.29 is 4.74 Å². The number of anilines is 1. The number of ether oxygens (including phenoxy) is 1. The first-order valence-electron chi connectivity index (χ1n) is 7.28. The Kier molecular flexibility index (Phi) is 4.02. The van der Waals surface area contributed by atoms with Crippen LogP contribution in [0.15, 0.2) is 42.7 Å². The standard InChI is InChI=1S/C16H21N3O/c1-2-20-16-10-15(11-16)18-14-6-4-13(5-7-14)12-19-9-3-8-17-19/h3-9,15-16,18H,2,10-12H2,1H3. The average Bonchev–Trinajstić information content (AvgIpc) is 2.91. The summed E-state index contributed by atoms with van der Waals surface area (Å²) in [5.74, 6) is 0. The Hall–Kier alpha value is -1.81. The highest BCUT2D eigenvalue weighted by atomic mass is 16.5. The van der Waals surface area contributed by atoms with Crippen molar-refractivity contribution in [1.29, 1.82) is 0 Å². The summed E-state index contributed by atoms with van der Waals surface area (Å²) >= 11 is 0. The molecule has 0 unspecified atom stereocenters. The topological polar surface area (TPSA) is 39.1 Å². The Bertz CT molecular complexity index is 515. The monoisotopic (exact) mass is 271 g/mol.